The topological polar surface area (TPSA) is 41.1 Å². The fourth-order valence-corrected chi connectivity index (χ4v) is 1.40. The summed E-state index contributed by atoms with van der Waals surface area (Å²) in [6, 6.07) is 3.31. The third kappa shape index (κ3) is 5.93. The number of hydrogen-bond acceptors (Lipinski definition) is 2. The van der Waals surface area contributed by atoms with Gasteiger partial charge in [0.05, 0.1) is 0 Å². The van der Waals surface area contributed by atoms with E-state index in [1.807, 2.05) is 0 Å². The van der Waals surface area contributed by atoms with Crippen LogP contribution in [-0.4, -0.2) is 26.0 Å². The summed E-state index contributed by atoms with van der Waals surface area (Å²) >= 11 is 0. The molecule has 0 heterocycles. The Hall–Kier alpha value is -1.20. The number of carbonyl (C=O) groups is 1. The highest BCUT2D eigenvalue weighted by molar-refractivity contribution is 5.85. The maximum atomic E-state index is 13.2. The van der Waals surface area contributed by atoms with Gasteiger partial charge in [0.2, 0.25) is 5.91 Å². The monoisotopic (exact) mass is 278 g/mol. The molecule has 102 valence electrons. The lowest BCUT2D eigenvalue weighted by Crippen LogP contribution is -2.28. The van der Waals surface area contributed by atoms with Crippen LogP contribution in [-0.2, 0) is 11.2 Å². The van der Waals surface area contributed by atoms with Crippen LogP contribution in [0.2, 0.25) is 0 Å². The minimum atomic E-state index is -0.470. The van der Waals surface area contributed by atoms with Crippen molar-refractivity contribution in [3.63, 3.8) is 0 Å². The molecule has 0 saturated carbocycles. The maximum absolute atomic E-state index is 13.2. The van der Waals surface area contributed by atoms with Gasteiger partial charge in [0.25, 0.3) is 0 Å². The highest BCUT2D eigenvalue weighted by Gasteiger charge is 2.05. The number of rotatable bonds is 6. The van der Waals surface area contributed by atoms with E-state index in [1.165, 1.54) is 0 Å². The fraction of sp³-hybridized carbons (Fsp3) is 0.417. The highest BCUT2D eigenvalue weighted by atomic mass is 35.5. The van der Waals surface area contributed by atoms with Crippen molar-refractivity contribution >= 4 is 18.3 Å². The van der Waals surface area contributed by atoms with E-state index in [9.17, 15) is 13.6 Å². The molecule has 0 unspecified atom stereocenters. The van der Waals surface area contributed by atoms with E-state index < -0.39 is 11.6 Å². The normalized spacial score (nSPS) is 9.72. The molecule has 6 heteroatoms. The number of halogens is 3. The van der Waals surface area contributed by atoms with Gasteiger partial charge in [0.15, 0.2) is 0 Å². The van der Waals surface area contributed by atoms with Crippen molar-refractivity contribution in [1.29, 1.82) is 0 Å². The van der Waals surface area contributed by atoms with Crippen LogP contribution in [0.1, 0.15) is 12.0 Å². The molecule has 0 saturated heterocycles. The summed E-state index contributed by atoms with van der Waals surface area (Å²) in [5.74, 6) is -1.02. The van der Waals surface area contributed by atoms with E-state index in [0.717, 1.165) is 18.2 Å². The van der Waals surface area contributed by atoms with Crippen LogP contribution in [0.15, 0.2) is 18.2 Å². The van der Waals surface area contributed by atoms with Crippen molar-refractivity contribution in [1.82, 2.24) is 10.6 Å². The van der Waals surface area contributed by atoms with Crippen LogP contribution >= 0.6 is 12.4 Å². The largest absolute Gasteiger partial charge is 0.356 e. The Morgan fingerprint density at radius 3 is 2.67 bits per heavy atom. The maximum Gasteiger partial charge on any atom is 0.221 e. The van der Waals surface area contributed by atoms with E-state index in [4.69, 9.17) is 0 Å². The van der Waals surface area contributed by atoms with Gasteiger partial charge < -0.3 is 10.6 Å². The zero-order chi connectivity index (χ0) is 12.7. The minimum Gasteiger partial charge on any atom is -0.356 e. The molecule has 0 aliphatic carbocycles. The molecule has 18 heavy (non-hydrogen) atoms. The van der Waals surface area contributed by atoms with Gasteiger partial charge in [-0.05, 0) is 37.2 Å². The molecular formula is C12H17ClF2N2O. The van der Waals surface area contributed by atoms with Crippen LogP contribution in [0.25, 0.3) is 0 Å². The average molecular weight is 279 g/mol. The third-order valence-corrected chi connectivity index (χ3v) is 2.33. The van der Waals surface area contributed by atoms with Gasteiger partial charge in [-0.25, -0.2) is 8.78 Å². The molecule has 0 bridgehead atoms. The first-order chi connectivity index (χ1) is 8.13. The lowest BCUT2D eigenvalue weighted by molar-refractivity contribution is -0.120. The summed E-state index contributed by atoms with van der Waals surface area (Å²) < 4.78 is 26.0. The van der Waals surface area contributed by atoms with Crippen molar-refractivity contribution < 1.29 is 13.6 Å². The summed E-state index contributed by atoms with van der Waals surface area (Å²) in [7, 11) is 1.76. The molecule has 0 fully saturated rings. The summed E-state index contributed by atoms with van der Waals surface area (Å²) in [5.41, 5.74) is 0.277. The SMILES string of the molecule is CNCCC(=O)NCCc1cc(F)ccc1F.Cl. The first kappa shape index (κ1) is 16.8. The van der Waals surface area contributed by atoms with Gasteiger partial charge in [-0.1, -0.05) is 0 Å². The van der Waals surface area contributed by atoms with Gasteiger partial charge in [-0.3, -0.25) is 4.79 Å². The van der Waals surface area contributed by atoms with Gasteiger partial charge >= 0.3 is 0 Å². The van der Waals surface area contributed by atoms with Crippen molar-refractivity contribution in [2.45, 2.75) is 12.8 Å². The number of carbonyl (C=O) groups excluding carboxylic acids is 1. The first-order valence-corrected chi connectivity index (χ1v) is 5.48. The molecule has 0 aromatic heterocycles. The molecule has 0 atom stereocenters. The molecule has 0 radical (unpaired) electrons. The number of nitrogens with one attached hydrogen (secondary N) is 2. The van der Waals surface area contributed by atoms with Crippen molar-refractivity contribution in [2.75, 3.05) is 20.1 Å². The van der Waals surface area contributed by atoms with Crippen LogP contribution < -0.4 is 10.6 Å². The molecule has 0 spiro atoms. The zero-order valence-electron chi connectivity index (χ0n) is 10.1. The van der Waals surface area contributed by atoms with Gasteiger partial charge in [0.1, 0.15) is 11.6 Å². The quantitative estimate of drug-likeness (QED) is 0.831. The lowest BCUT2D eigenvalue weighted by Gasteiger charge is -2.06. The van der Waals surface area contributed by atoms with Crippen LogP contribution in [0, 0.1) is 11.6 Å². The lowest BCUT2D eigenvalue weighted by atomic mass is 10.1. The molecule has 0 aliphatic heterocycles. The molecule has 1 amide bonds. The highest BCUT2D eigenvalue weighted by Crippen LogP contribution is 2.09. The minimum absolute atomic E-state index is 0. The predicted molar refractivity (Wildman–Crippen MR) is 68.9 cm³/mol. The van der Waals surface area contributed by atoms with Crippen molar-refractivity contribution in [3.8, 4) is 0 Å². The predicted octanol–water partition coefficient (Wildman–Crippen LogP) is 1.65. The van der Waals surface area contributed by atoms with E-state index in [2.05, 4.69) is 10.6 Å². The summed E-state index contributed by atoms with van der Waals surface area (Å²) in [6.45, 7) is 0.906. The molecule has 3 nitrogen and oxygen atoms in total. The number of amides is 1. The Labute approximate surface area is 111 Å². The van der Waals surface area contributed by atoms with E-state index in [1.54, 1.807) is 7.05 Å². The third-order valence-electron chi connectivity index (χ3n) is 2.33. The Morgan fingerprint density at radius 1 is 1.28 bits per heavy atom. The molecule has 1 aromatic carbocycles. The molecule has 0 aliphatic rings. The molecule has 2 N–H and O–H groups in total. The van der Waals surface area contributed by atoms with E-state index in [-0.39, 0.29) is 30.3 Å². The van der Waals surface area contributed by atoms with E-state index >= 15 is 0 Å². The summed E-state index contributed by atoms with van der Waals surface area (Å²) in [4.78, 5) is 11.2. The van der Waals surface area contributed by atoms with E-state index in [0.29, 0.717) is 19.5 Å². The standard InChI is InChI=1S/C12H16F2N2O.ClH/c1-15-6-5-12(17)16-7-4-9-8-10(13)2-3-11(9)14;/h2-3,8,15H,4-7H2,1H3,(H,16,17);1H. The number of hydrogen-bond donors (Lipinski definition) is 2. The Morgan fingerprint density at radius 2 is 2.00 bits per heavy atom. The van der Waals surface area contributed by atoms with Crippen LogP contribution in [0.3, 0.4) is 0 Å². The fourth-order valence-electron chi connectivity index (χ4n) is 1.40. The summed E-state index contributed by atoms with van der Waals surface area (Å²) in [5, 5.41) is 5.50. The Balaban J connectivity index is 0.00000289. The molecule has 1 aromatic rings. The first-order valence-electron chi connectivity index (χ1n) is 5.48. The second-order valence-corrected chi connectivity index (χ2v) is 3.69. The van der Waals surface area contributed by atoms with Gasteiger partial charge in [-0.15, -0.1) is 12.4 Å². The second-order valence-electron chi connectivity index (χ2n) is 3.69. The van der Waals surface area contributed by atoms with Gasteiger partial charge in [0, 0.05) is 19.5 Å². The van der Waals surface area contributed by atoms with Crippen molar-refractivity contribution in [2.24, 2.45) is 0 Å². The summed E-state index contributed by atoms with van der Waals surface area (Å²) in [6.07, 6.45) is 0.664. The number of benzene rings is 1. The Kier molecular flexibility index (Phi) is 8.24. The smallest absolute Gasteiger partial charge is 0.221 e. The molecule has 1 rings (SSSR count). The van der Waals surface area contributed by atoms with Crippen molar-refractivity contribution in [3.05, 3.63) is 35.4 Å². The van der Waals surface area contributed by atoms with Gasteiger partial charge in [-0.2, -0.15) is 0 Å². The average Bonchev–Trinajstić information content (AvgIpc) is 2.31. The zero-order valence-corrected chi connectivity index (χ0v) is 10.9. The second kappa shape index (κ2) is 8.83. The van der Waals surface area contributed by atoms with Crippen LogP contribution in [0.5, 0.6) is 0 Å². The van der Waals surface area contributed by atoms with Crippen LogP contribution in [0.4, 0.5) is 8.78 Å². The molecular weight excluding hydrogens is 262 g/mol. The Bertz CT molecular complexity index is 388.